The highest BCUT2D eigenvalue weighted by atomic mass is 16.5. The van der Waals surface area contributed by atoms with Crippen LogP contribution < -0.4 is 9.64 Å². The lowest BCUT2D eigenvalue weighted by Crippen LogP contribution is -2.40. The first-order valence-electron chi connectivity index (χ1n) is 9.78. The summed E-state index contributed by atoms with van der Waals surface area (Å²) in [4.78, 5) is 18.1. The van der Waals surface area contributed by atoms with Gasteiger partial charge in [0, 0.05) is 31.0 Å². The summed E-state index contributed by atoms with van der Waals surface area (Å²) in [5.41, 5.74) is 1.70. The predicted octanol–water partition coefficient (Wildman–Crippen LogP) is 3.63. The number of piperidine rings is 1. The van der Waals surface area contributed by atoms with Crippen molar-refractivity contribution >= 4 is 11.8 Å². The minimum absolute atomic E-state index is 0.0262. The number of hydrogen-bond donors (Lipinski definition) is 1. The van der Waals surface area contributed by atoms with Gasteiger partial charge in [-0.3, -0.25) is 4.98 Å². The summed E-state index contributed by atoms with van der Waals surface area (Å²) in [5.74, 6) is 0.178. The molecule has 1 fully saturated rings. The zero-order chi connectivity index (χ0) is 20.9. The van der Waals surface area contributed by atoms with E-state index in [0.29, 0.717) is 36.8 Å². The Hall–Kier alpha value is -3.39. The van der Waals surface area contributed by atoms with Crippen LogP contribution in [0.5, 0.6) is 5.75 Å². The molecule has 0 saturated carbocycles. The highest BCUT2D eigenvalue weighted by Gasteiger charge is 2.30. The molecule has 1 aromatic carbocycles. The van der Waals surface area contributed by atoms with Crippen LogP contribution in [0, 0.1) is 0 Å². The van der Waals surface area contributed by atoms with Crippen molar-refractivity contribution in [2.75, 3.05) is 25.1 Å². The molecular formula is C22H23N3O5. The van der Waals surface area contributed by atoms with Gasteiger partial charge in [-0.1, -0.05) is 11.2 Å². The maximum Gasteiger partial charge on any atom is 0.343 e. The number of pyridine rings is 1. The number of benzene rings is 1. The van der Waals surface area contributed by atoms with Crippen molar-refractivity contribution in [3.05, 3.63) is 59.9 Å². The van der Waals surface area contributed by atoms with Crippen LogP contribution in [-0.2, 0) is 11.3 Å². The predicted molar refractivity (Wildman–Crippen MR) is 110 cm³/mol. The molecule has 3 aromatic rings. The van der Waals surface area contributed by atoms with Crippen LogP contribution in [0.1, 0.15) is 28.8 Å². The highest BCUT2D eigenvalue weighted by Crippen LogP contribution is 2.33. The van der Waals surface area contributed by atoms with Crippen molar-refractivity contribution in [3.8, 4) is 17.1 Å². The van der Waals surface area contributed by atoms with Crippen LogP contribution in [0.3, 0.4) is 0 Å². The first kappa shape index (κ1) is 19.9. The maximum atomic E-state index is 12.0. The van der Waals surface area contributed by atoms with E-state index in [1.807, 2.05) is 17.0 Å². The van der Waals surface area contributed by atoms with Gasteiger partial charge >= 0.3 is 5.97 Å². The van der Waals surface area contributed by atoms with Crippen molar-refractivity contribution in [1.29, 1.82) is 0 Å². The molecule has 0 radical (unpaired) electrons. The summed E-state index contributed by atoms with van der Waals surface area (Å²) in [6.07, 6.45) is 5.26. The standard InChI is InChI=1S/C22H23N3O5/c1-28-17-8-6-16(7-9-17)20-19(22(26)27)21(24-30-20)25-11-3-5-18(13-25)29-14-15-4-2-10-23-12-15/h2,4,6-10,12,18H,3,5,11,13-14H2,1H3,(H,26,27). The van der Waals surface area contributed by atoms with Crippen LogP contribution in [-0.4, -0.2) is 47.5 Å². The number of aromatic nitrogens is 2. The zero-order valence-corrected chi connectivity index (χ0v) is 16.7. The van der Waals surface area contributed by atoms with Crippen LogP contribution in [0.15, 0.2) is 53.3 Å². The van der Waals surface area contributed by atoms with E-state index in [0.717, 1.165) is 18.4 Å². The zero-order valence-electron chi connectivity index (χ0n) is 16.7. The summed E-state index contributed by atoms with van der Waals surface area (Å²) in [6.45, 7) is 1.71. The molecule has 30 heavy (non-hydrogen) atoms. The van der Waals surface area contributed by atoms with Gasteiger partial charge in [-0.2, -0.15) is 0 Å². The number of carboxylic acid groups (broad SMARTS) is 1. The van der Waals surface area contributed by atoms with E-state index in [9.17, 15) is 9.90 Å². The quantitative estimate of drug-likeness (QED) is 0.632. The fourth-order valence-electron chi connectivity index (χ4n) is 3.59. The average Bonchev–Trinajstić information content (AvgIpc) is 3.24. The summed E-state index contributed by atoms with van der Waals surface area (Å²) in [5, 5.41) is 14.0. The molecule has 3 heterocycles. The smallest absolute Gasteiger partial charge is 0.343 e. The van der Waals surface area contributed by atoms with Crippen LogP contribution in [0.25, 0.3) is 11.3 Å². The molecule has 156 valence electrons. The van der Waals surface area contributed by atoms with Gasteiger partial charge in [0.05, 0.1) is 19.8 Å². The van der Waals surface area contributed by atoms with Crippen LogP contribution >= 0.6 is 0 Å². The van der Waals surface area contributed by atoms with Crippen molar-refractivity contribution in [3.63, 3.8) is 0 Å². The number of ether oxygens (including phenoxy) is 2. The summed E-state index contributed by atoms with van der Waals surface area (Å²) < 4.78 is 16.7. The SMILES string of the molecule is COc1ccc(-c2onc(N3CCCC(OCc4cccnc4)C3)c2C(=O)O)cc1. The van der Waals surface area contributed by atoms with Gasteiger partial charge in [0.2, 0.25) is 0 Å². The monoisotopic (exact) mass is 409 g/mol. The molecule has 4 rings (SSSR count). The second-order valence-electron chi connectivity index (χ2n) is 7.13. The van der Waals surface area contributed by atoms with E-state index in [-0.39, 0.29) is 17.4 Å². The van der Waals surface area contributed by atoms with E-state index >= 15 is 0 Å². The Morgan fingerprint density at radius 1 is 1.30 bits per heavy atom. The summed E-state index contributed by atoms with van der Waals surface area (Å²) in [6, 6.07) is 10.9. The van der Waals surface area contributed by atoms with E-state index in [1.165, 1.54) is 0 Å². The molecule has 0 amide bonds. The average molecular weight is 409 g/mol. The number of nitrogens with zero attached hydrogens (tertiary/aromatic N) is 3. The molecular weight excluding hydrogens is 386 g/mol. The number of aromatic carboxylic acids is 1. The van der Waals surface area contributed by atoms with Gasteiger partial charge in [-0.05, 0) is 48.7 Å². The molecule has 0 aliphatic carbocycles. The summed E-state index contributed by atoms with van der Waals surface area (Å²) in [7, 11) is 1.58. The van der Waals surface area contributed by atoms with Gasteiger partial charge in [0.1, 0.15) is 5.75 Å². The maximum absolute atomic E-state index is 12.0. The van der Waals surface area contributed by atoms with Crippen molar-refractivity contribution < 1.29 is 23.9 Å². The Morgan fingerprint density at radius 2 is 2.13 bits per heavy atom. The molecule has 0 spiro atoms. The molecule has 8 heteroatoms. The molecule has 0 bridgehead atoms. The Bertz CT molecular complexity index is 988. The number of rotatable bonds is 7. The molecule has 1 N–H and O–H groups in total. The lowest BCUT2D eigenvalue weighted by molar-refractivity contribution is 0.0311. The minimum atomic E-state index is -1.07. The molecule has 8 nitrogen and oxygen atoms in total. The largest absolute Gasteiger partial charge is 0.497 e. The fourth-order valence-corrected chi connectivity index (χ4v) is 3.59. The van der Waals surface area contributed by atoms with Crippen molar-refractivity contribution in [1.82, 2.24) is 10.1 Å². The number of methoxy groups -OCH3 is 1. The molecule has 1 aliphatic heterocycles. The number of hydrogen-bond acceptors (Lipinski definition) is 7. The fraction of sp³-hybridized carbons (Fsp3) is 0.318. The number of anilines is 1. The van der Waals surface area contributed by atoms with Crippen molar-refractivity contribution in [2.45, 2.75) is 25.6 Å². The highest BCUT2D eigenvalue weighted by molar-refractivity contribution is 5.99. The molecule has 2 aromatic heterocycles. The molecule has 1 saturated heterocycles. The second kappa shape index (κ2) is 8.96. The lowest BCUT2D eigenvalue weighted by Gasteiger charge is -2.32. The van der Waals surface area contributed by atoms with Crippen LogP contribution in [0.2, 0.25) is 0 Å². The van der Waals surface area contributed by atoms with Crippen molar-refractivity contribution in [2.24, 2.45) is 0 Å². The third-order valence-electron chi connectivity index (χ3n) is 5.13. The summed E-state index contributed by atoms with van der Waals surface area (Å²) >= 11 is 0. The number of carboxylic acids is 1. The third kappa shape index (κ3) is 4.28. The van der Waals surface area contributed by atoms with E-state index < -0.39 is 5.97 Å². The van der Waals surface area contributed by atoms with E-state index in [1.54, 1.807) is 43.8 Å². The Balaban J connectivity index is 1.52. The van der Waals surface area contributed by atoms with Gasteiger partial charge in [-0.25, -0.2) is 4.79 Å². The Morgan fingerprint density at radius 3 is 2.83 bits per heavy atom. The topological polar surface area (TPSA) is 97.9 Å². The Kier molecular flexibility index (Phi) is 5.94. The lowest BCUT2D eigenvalue weighted by atomic mass is 10.1. The molecule has 1 atom stereocenters. The van der Waals surface area contributed by atoms with Gasteiger partial charge in [0.15, 0.2) is 17.1 Å². The van der Waals surface area contributed by atoms with Gasteiger partial charge in [-0.15, -0.1) is 0 Å². The first-order valence-corrected chi connectivity index (χ1v) is 9.78. The Labute approximate surface area is 174 Å². The van der Waals surface area contributed by atoms with E-state index in [2.05, 4.69) is 10.1 Å². The molecule has 1 aliphatic rings. The minimum Gasteiger partial charge on any atom is -0.497 e. The first-order chi connectivity index (χ1) is 14.7. The van der Waals surface area contributed by atoms with Gasteiger partial charge in [0.25, 0.3) is 0 Å². The van der Waals surface area contributed by atoms with E-state index in [4.69, 9.17) is 14.0 Å². The normalized spacial score (nSPS) is 16.4. The van der Waals surface area contributed by atoms with Gasteiger partial charge < -0.3 is 24.0 Å². The second-order valence-corrected chi connectivity index (χ2v) is 7.13. The third-order valence-corrected chi connectivity index (χ3v) is 5.13. The molecule has 1 unspecified atom stereocenters. The van der Waals surface area contributed by atoms with Crippen LogP contribution in [0.4, 0.5) is 5.82 Å². The number of carbonyl (C=O) groups is 1.